The third kappa shape index (κ3) is 3.44. The van der Waals surface area contributed by atoms with Crippen molar-refractivity contribution in [3.05, 3.63) is 29.6 Å². The number of rotatable bonds is 4. The predicted octanol–water partition coefficient (Wildman–Crippen LogP) is 2.15. The largest absolute Gasteiger partial charge is 0.376 e. The topological polar surface area (TPSA) is 56.6 Å². The van der Waals surface area contributed by atoms with Gasteiger partial charge in [-0.25, -0.2) is 4.98 Å². The molecule has 130 valence electrons. The average molecular weight is 331 g/mol. The van der Waals surface area contributed by atoms with E-state index < -0.39 is 0 Å². The van der Waals surface area contributed by atoms with E-state index in [-0.39, 0.29) is 18.1 Å². The highest BCUT2D eigenvalue weighted by Gasteiger charge is 2.25. The summed E-state index contributed by atoms with van der Waals surface area (Å²) in [4.78, 5) is 19.2. The van der Waals surface area contributed by atoms with Gasteiger partial charge in [0.05, 0.1) is 36.5 Å². The van der Waals surface area contributed by atoms with Gasteiger partial charge >= 0.3 is 0 Å². The van der Waals surface area contributed by atoms with E-state index in [0.717, 1.165) is 16.9 Å². The van der Waals surface area contributed by atoms with Crippen LogP contribution in [0.2, 0.25) is 0 Å². The van der Waals surface area contributed by atoms with Gasteiger partial charge in [-0.05, 0) is 39.0 Å². The summed E-state index contributed by atoms with van der Waals surface area (Å²) in [6.07, 6.45) is 0.0999. The van der Waals surface area contributed by atoms with E-state index in [1.165, 1.54) is 0 Å². The zero-order valence-electron chi connectivity index (χ0n) is 14.8. The smallest absolute Gasteiger partial charge is 0.254 e. The molecule has 1 atom stereocenters. The molecule has 6 heteroatoms. The quantitative estimate of drug-likeness (QED) is 0.861. The molecule has 1 aliphatic rings. The third-order valence-corrected chi connectivity index (χ3v) is 4.39. The molecule has 2 heterocycles. The summed E-state index contributed by atoms with van der Waals surface area (Å²) in [6.45, 7) is 8.19. The van der Waals surface area contributed by atoms with Gasteiger partial charge < -0.3 is 18.9 Å². The molecule has 24 heavy (non-hydrogen) atoms. The minimum absolute atomic E-state index is 0.0357. The van der Waals surface area contributed by atoms with Crippen molar-refractivity contribution in [2.24, 2.45) is 7.05 Å². The second-order valence-corrected chi connectivity index (χ2v) is 6.55. The molecule has 1 aromatic heterocycles. The zero-order valence-corrected chi connectivity index (χ0v) is 14.8. The molecule has 0 radical (unpaired) electrons. The van der Waals surface area contributed by atoms with Crippen LogP contribution in [0.3, 0.4) is 0 Å². The van der Waals surface area contributed by atoms with Crippen LogP contribution in [0.15, 0.2) is 18.2 Å². The maximum atomic E-state index is 12.8. The van der Waals surface area contributed by atoms with Crippen molar-refractivity contribution in [3.63, 3.8) is 0 Å². The molecule has 3 rings (SSSR count). The second kappa shape index (κ2) is 6.91. The first-order valence-corrected chi connectivity index (χ1v) is 8.41. The van der Waals surface area contributed by atoms with Crippen LogP contribution < -0.4 is 0 Å². The molecule has 1 aliphatic heterocycles. The summed E-state index contributed by atoms with van der Waals surface area (Å²) in [5.74, 6) is 0.973. The number of benzene rings is 1. The Hall–Kier alpha value is -1.92. The first kappa shape index (κ1) is 16.9. The highest BCUT2D eigenvalue weighted by atomic mass is 16.5. The molecule has 1 fully saturated rings. The van der Waals surface area contributed by atoms with Crippen LogP contribution in [0.25, 0.3) is 11.0 Å². The number of hydrogen-bond donors (Lipinski definition) is 0. The SMILES string of the molecule is Cc1nc2ccc(C(=O)N3CCOC(COC(C)C)C3)cc2n1C. The Morgan fingerprint density at radius 2 is 2.25 bits per heavy atom. The normalized spacial score (nSPS) is 18.5. The van der Waals surface area contributed by atoms with Gasteiger partial charge in [-0.2, -0.15) is 0 Å². The van der Waals surface area contributed by atoms with Crippen LogP contribution >= 0.6 is 0 Å². The number of morpholine rings is 1. The van der Waals surface area contributed by atoms with Crippen molar-refractivity contribution in [2.45, 2.75) is 33.0 Å². The molecule has 6 nitrogen and oxygen atoms in total. The summed E-state index contributed by atoms with van der Waals surface area (Å²) >= 11 is 0. The first-order valence-electron chi connectivity index (χ1n) is 8.41. The molecule has 1 aromatic carbocycles. The Balaban J connectivity index is 1.74. The molecular weight excluding hydrogens is 306 g/mol. The molecule has 0 spiro atoms. The lowest BCUT2D eigenvalue weighted by Gasteiger charge is -2.33. The zero-order chi connectivity index (χ0) is 17.3. The summed E-state index contributed by atoms with van der Waals surface area (Å²) in [5.41, 5.74) is 2.58. The lowest BCUT2D eigenvalue weighted by atomic mass is 10.1. The van der Waals surface area contributed by atoms with Crippen molar-refractivity contribution in [1.82, 2.24) is 14.5 Å². The Kier molecular flexibility index (Phi) is 4.87. The van der Waals surface area contributed by atoms with Crippen molar-refractivity contribution in [2.75, 3.05) is 26.3 Å². The van der Waals surface area contributed by atoms with Gasteiger partial charge in [-0.1, -0.05) is 0 Å². The van der Waals surface area contributed by atoms with Gasteiger partial charge in [0, 0.05) is 25.7 Å². The third-order valence-electron chi connectivity index (χ3n) is 4.39. The molecule has 2 aromatic rings. The van der Waals surface area contributed by atoms with Crippen LogP contribution in [-0.4, -0.2) is 58.9 Å². The molecule has 0 aliphatic carbocycles. The number of fused-ring (bicyclic) bond motifs is 1. The summed E-state index contributed by atoms with van der Waals surface area (Å²) in [6, 6.07) is 5.69. The summed E-state index contributed by atoms with van der Waals surface area (Å²) in [5, 5.41) is 0. The lowest BCUT2D eigenvalue weighted by molar-refractivity contribution is -0.0725. The molecule has 1 unspecified atom stereocenters. The number of imidazole rings is 1. The van der Waals surface area contributed by atoms with Gasteiger partial charge in [-0.15, -0.1) is 0 Å². The molecular formula is C18H25N3O3. The minimum Gasteiger partial charge on any atom is -0.376 e. The fourth-order valence-electron chi connectivity index (χ4n) is 2.93. The number of hydrogen-bond acceptors (Lipinski definition) is 4. The van der Waals surface area contributed by atoms with Crippen molar-refractivity contribution < 1.29 is 14.3 Å². The number of carbonyl (C=O) groups is 1. The molecule has 1 saturated heterocycles. The summed E-state index contributed by atoms with van der Waals surface area (Å²) < 4.78 is 13.3. The van der Waals surface area contributed by atoms with Gasteiger partial charge in [0.15, 0.2) is 0 Å². The monoisotopic (exact) mass is 331 g/mol. The van der Waals surface area contributed by atoms with Crippen molar-refractivity contribution in [3.8, 4) is 0 Å². The van der Waals surface area contributed by atoms with E-state index in [1.54, 1.807) is 0 Å². The number of carbonyl (C=O) groups excluding carboxylic acids is 1. The maximum absolute atomic E-state index is 12.8. The molecule has 1 amide bonds. The van der Waals surface area contributed by atoms with Crippen LogP contribution in [0.5, 0.6) is 0 Å². The van der Waals surface area contributed by atoms with Gasteiger partial charge in [0.25, 0.3) is 5.91 Å². The number of nitrogens with zero attached hydrogens (tertiary/aromatic N) is 3. The Morgan fingerprint density at radius 1 is 1.46 bits per heavy atom. The average Bonchev–Trinajstić information content (AvgIpc) is 2.86. The maximum Gasteiger partial charge on any atom is 0.254 e. The molecule has 0 saturated carbocycles. The van der Waals surface area contributed by atoms with Gasteiger partial charge in [-0.3, -0.25) is 4.79 Å². The van der Waals surface area contributed by atoms with Crippen LogP contribution in [0, 0.1) is 6.92 Å². The van der Waals surface area contributed by atoms with Crippen LogP contribution in [-0.2, 0) is 16.5 Å². The van der Waals surface area contributed by atoms with Crippen molar-refractivity contribution >= 4 is 16.9 Å². The fraction of sp³-hybridized carbons (Fsp3) is 0.556. The first-order chi connectivity index (χ1) is 11.5. The number of amides is 1. The van der Waals surface area contributed by atoms with E-state index in [4.69, 9.17) is 9.47 Å². The van der Waals surface area contributed by atoms with E-state index in [2.05, 4.69) is 4.98 Å². The standard InChI is InChI=1S/C18H25N3O3/c1-12(2)24-11-15-10-21(7-8-23-15)18(22)14-5-6-16-17(9-14)20(4)13(3)19-16/h5-6,9,12,15H,7-8,10-11H2,1-4H3. The lowest BCUT2D eigenvalue weighted by Crippen LogP contribution is -2.47. The van der Waals surface area contributed by atoms with Gasteiger partial charge in [0.2, 0.25) is 0 Å². The molecule has 0 bridgehead atoms. The molecule has 0 N–H and O–H groups in total. The van der Waals surface area contributed by atoms with E-state index in [1.807, 2.05) is 55.5 Å². The minimum atomic E-state index is -0.0622. The van der Waals surface area contributed by atoms with Gasteiger partial charge in [0.1, 0.15) is 5.82 Å². The Labute approximate surface area is 142 Å². The number of aryl methyl sites for hydroxylation is 2. The van der Waals surface area contributed by atoms with Crippen molar-refractivity contribution in [1.29, 1.82) is 0 Å². The highest BCUT2D eigenvalue weighted by molar-refractivity contribution is 5.97. The predicted molar refractivity (Wildman–Crippen MR) is 92.2 cm³/mol. The summed E-state index contributed by atoms with van der Waals surface area (Å²) in [7, 11) is 1.97. The number of ether oxygens (including phenoxy) is 2. The van der Waals surface area contributed by atoms with Crippen LogP contribution in [0.4, 0.5) is 0 Å². The van der Waals surface area contributed by atoms with Crippen LogP contribution in [0.1, 0.15) is 30.0 Å². The van der Waals surface area contributed by atoms with E-state index in [0.29, 0.717) is 31.9 Å². The fourth-order valence-corrected chi connectivity index (χ4v) is 2.93. The van der Waals surface area contributed by atoms with E-state index >= 15 is 0 Å². The highest BCUT2D eigenvalue weighted by Crippen LogP contribution is 2.19. The van der Waals surface area contributed by atoms with E-state index in [9.17, 15) is 4.79 Å². The second-order valence-electron chi connectivity index (χ2n) is 6.55. The Morgan fingerprint density at radius 3 is 3.00 bits per heavy atom. The number of aromatic nitrogens is 2. The Bertz CT molecular complexity index is 738.